The van der Waals surface area contributed by atoms with E-state index in [0.29, 0.717) is 11.3 Å². The maximum absolute atomic E-state index is 8.82. The van der Waals surface area contributed by atoms with Crippen LogP contribution in [0.25, 0.3) is 0 Å². The molecule has 0 radical (unpaired) electrons. The standard InChI is InChI=1S/C13H20N4/c1-3-17(4-2)8-7-16-13-9-11(10-14)5-6-12(13)15/h5-6,9,16H,3-4,7-8,15H2,1-2H3. The molecule has 1 aromatic carbocycles. The number of anilines is 2. The molecule has 17 heavy (non-hydrogen) atoms. The van der Waals surface area contributed by atoms with E-state index in [-0.39, 0.29) is 0 Å². The molecule has 0 bridgehead atoms. The number of nitrogens with one attached hydrogen (secondary N) is 1. The summed E-state index contributed by atoms with van der Waals surface area (Å²) in [5, 5.41) is 12.1. The molecule has 0 unspecified atom stereocenters. The summed E-state index contributed by atoms with van der Waals surface area (Å²) in [6.45, 7) is 8.20. The van der Waals surface area contributed by atoms with Crippen molar-refractivity contribution in [3.05, 3.63) is 23.8 Å². The normalized spacial score (nSPS) is 10.2. The minimum atomic E-state index is 0.629. The van der Waals surface area contributed by atoms with Crippen molar-refractivity contribution >= 4 is 11.4 Å². The number of hydrogen-bond donors (Lipinski definition) is 2. The van der Waals surface area contributed by atoms with Gasteiger partial charge in [-0.3, -0.25) is 0 Å². The predicted octanol–water partition coefficient (Wildman–Crippen LogP) is 1.89. The number of nitrogen functional groups attached to an aromatic ring is 1. The van der Waals surface area contributed by atoms with Gasteiger partial charge >= 0.3 is 0 Å². The van der Waals surface area contributed by atoms with Gasteiger partial charge in [0.2, 0.25) is 0 Å². The lowest BCUT2D eigenvalue weighted by atomic mass is 10.2. The lowest BCUT2D eigenvalue weighted by molar-refractivity contribution is 0.316. The summed E-state index contributed by atoms with van der Waals surface area (Å²) in [4.78, 5) is 2.33. The third-order valence-electron chi connectivity index (χ3n) is 2.82. The van der Waals surface area contributed by atoms with E-state index >= 15 is 0 Å². The van der Waals surface area contributed by atoms with Crippen LogP contribution in [0.2, 0.25) is 0 Å². The van der Waals surface area contributed by atoms with E-state index in [4.69, 9.17) is 11.0 Å². The molecule has 0 atom stereocenters. The van der Waals surface area contributed by atoms with Crippen molar-refractivity contribution in [3.8, 4) is 6.07 Å². The molecule has 92 valence electrons. The van der Waals surface area contributed by atoms with Gasteiger partial charge in [-0.1, -0.05) is 13.8 Å². The molecular weight excluding hydrogens is 212 g/mol. The molecule has 0 fully saturated rings. The Kier molecular flexibility index (Phi) is 5.31. The van der Waals surface area contributed by atoms with Gasteiger partial charge in [-0.25, -0.2) is 0 Å². The fraction of sp³-hybridized carbons (Fsp3) is 0.462. The van der Waals surface area contributed by atoms with E-state index in [1.807, 2.05) is 0 Å². The van der Waals surface area contributed by atoms with E-state index in [2.05, 4.69) is 30.1 Å². The van der Waals surface area contributed by atoms with Gasteiger partial charge in [-0.05, 0) is 31.3 Å². The molecule has 0 amide bonds. The lowest BCUT2D eigenvalue weighted by Crippen LogP contribution is -2.28. The maximum Gasteiger partial charge on any atom is 0.0992 e. The summed E-state index contributed by atoms with van der Waals surface area (Å²) in [5.41, 5.74) is 8.00. The van der Waals surface area contributed by atoms with Crippen LogP contribution in [-0.4, -0.2) is 31.1 Å². The van der Waals surface area contributed by atoms with Gasteiger partial charge in [-0.2, -0.15) is 5.26 Å². The zero-order valence-electron chi connectivity index (χ0n) is 10.5. The largest absolute Gasteiger partial charge is 0.397 e. The number of rotatable bonds is 6. The fourth-order valence-corrected chi connectivity index (χ4v) is 1.67. The first-order valence-corrected chi connectivity index (χ1v) is 5.97. The molecule has 1 rings (SSSR count). The van der Waals surface area contributed by atoms with Gasteiger partial charge in [0, 0.05) is 13.1 Å². The van der Waals surface area contributed by atoms with E-state index in [0.717, 1.165) is 31.9 Å². The van der Waals surface area contributed by atoms with Crippen LogP contribution < -0.4 is 11.1 Å². The maximum atomic E-state index is 8.82. The highest BCUT2D eigenvalue weighted by Crippen LogP contribution is 2.19. The van der Waals surface area contributed by atoms with Crippen molar-refractivity contribution < 1.29 is 0 Å². The number of likely N-dealkylation sites (N-methyl/N-ethyl adjacent to an activating group) is 1. The molecule has 4 heteroatoms. The molecule has 0 aliphatic rings. The molecule has 0 aromatic heterocycles. The number of hydrogen-bond acceptors (Lipinski definition) is 4. The Labute approximate surface area is 103 Å². The molecule has 0 spiro atoms. The fourth-order valence-electron chi connectivity index (χ4n) is 1.67. The van der Waals surface area contributed by atoms with Crippen molar-refractivity contribution in [2.24, 2.45) is 0 Å². The summed E-state index contributed by atoms with van der Waals surface area (Å²) in [5.74, 6) is 0. The summed E-state index contributed by atoms with van der Waals surface area (Å²) < 4.78 is 0. The summed E-state index contributed by atoms with van der Waals surface area (Å²) in [6, 6.07) is 7.39. The Morgan fingerprint density at radius 2 is 2.06 bits per heavy atom. The van der Waals surface area contributed by atoms with Crippen molar-refractivity contribution in [2.45, 2.75) is 13.8 Å². The van der Waals surface area contributed by atoms with Crippen LogP contribution in [0.1, 0.15) is 19.4 Å². The van der Waals surface area contributed by atoms with Gasteiger partial charge in [0.25, 0.3) is 0 Å². The molecule has 0 saturated heterocycles. The first kappa shape index (κ1) is 13.3. The van der Waals surface area contributed by atoms with Crippen LogP contribution in [0.5, 0.6) is 0 Å². The monoisotopic (exact) mass is 232 g/mol. The summed E-state index contributed by atoms with van der Waals surface area (Å²) in [6.07, 6.45) is 0. The van der Waals surface area contributed by atoms with Gasteiger partial charge in [-0.15, -0.1) is 0 Å². The highest BCUT2D eigenvalue weighted by molar-refractivity contribution is 5.68. The number of nitrogens with zero attached hydrogens (tertiary/aromatic N) is 2. The van der Waals surface area contributed by atoms with Gasteiger partial charge in [0.1, 0.15) is 0 Å². The van der Waals surface area contributed by atoms with Gasteiger partial charge < -0.3 is 16.0 Å². The molecule has 0 aliphatic heterocycles. The first-order valence-electron chi connectivity index (χ1n) is 5.97. The third-order valence-corrected chi connectivity index (χ3v) is 2.82. The number of nitrogens with two attached hydrogens (primary N) is 1. The minimum absolute atomic E-state index is 0.629. The Morgan fingerprint density at radius 1 is 1.35 bits per heavy atom. The summed E-state index contributed by atoms with van der Waals surface area (Å²) >= 11 is 0. The van der Waals surface area contributed by atoms with Crippen LogP contribution in [0.15, 0.2) is 18.2 Å². The smallest absolute Gasteiger partial charge is 0.0992 e. The highest BCUT2D eigenvalue weighted by atomic mass is 15.1. The molecular formula is C13H20N4. The van der Waals surface area contributed by atoms with Crippen molar-refractivity contribution in [2.75, 3.05) is 37.2 Å². The van der Waals surface area contributed by atoms with Crippen LogP contribution in [0.3, 0.4) is 0 Å². The van der Waals surface area contributed by atoms with Crippen LogP contribution >= 0.6 is 0 Å². The summed E-state index contributed by atoms with van der Waals surface area (Å²) in [7, 11) is 0. The SMILES string of the molecule is CCN(CC)CCNc1cc(C#N)ccc1N. The molecule has 3 N–H and O–H groups in total. The van der Waals surface area contributed by atoms with E-state index in [9.17, 15) is 0 Å². The highest BCUT2D eigenvalue weighted by Gasteiger charge is 2.02. The lowest BCUT2D eigenvalue weighted by Gasteiger charge is -2.19. The molecule has 4 nitrogen and oxygen atoms in total. The Morgan fingerprint density at radius 3 is 2.65 bits per heavy atom. The van der Waals surface area contributed by atoms with Crippen LogP contribution in [0.4, 0.5) is 11.4 Å². The third kappa shape index (κ3) is 3.97. The van der Waals surface area contributed by atoms with Gasteiger partial charge in [0.05, 0.1) is 23.0 Å². The quantitative estimate of drug-likeness (QED) is 0.735. The van der Waals surface area contributed by atoms with E-state index in [1.165, 1.54) is 0 Å². The minimum Gasteiger partial charge on any atom is -0.397 e. The second-order valence-electron chi connectivity index (χ2n) is 3.87. The molecule has 0 saturated carbocycles. The number of benzene rings is 1. The Bertz CT molecular complexity index is 391. The van der Waals surface area contributed by atoms with Gasteiger partial charge in [0.15, 0.2) is 0 Å². The zero-order chi connectivity index (χ0) is 12.7. The average Bonchev–Trinajstić information content (AvgIpc) is 2.36. The first-order chi connectivity index (χ1) is 8.21. The van der Waals surface area contributed by atoms with E-state index in [1.54, 1.807) is 18.2 Å². The molecule has 0 aliphatic carbocycles. The van der Waals surface area contributed by atoms with Crippen molar-refractivity contribution in [1.29, 1.82) is 5.26 Å². The van der Waals surface area contributed by atoms with Crippen LogP contribution in [0, 0.1) is 11.3 Å². The molecule has 0 heterocycles. The van der Waals surface area contributed by atoms with Crippen molar-refractivity contribution in [1.82, 2.24) is 4.90 Å². The zero-order valence-corrected chi connectivity index (χ0v) is 10.5. The second kappa shape index (κ2) is 6.77. The predicted molar refractivity (Wildman–Crippen MR) is 71.8 cm³/mol. The average molecular weight is 232 g/mol. The van der Waals surface area contributed by atoms with Crippen LogP contribution in [-0.2, 0) is 0 Å². The topological polar surface area (TPSA) is 65.1 Å². The Balaban J connectivity index is 2.54. The Hall–Kier alpha value is -1.73. The molecule has 1 aromatic rings. The van der Waals surface area contributed by atoms with E-state index < -0.39 is 0 Å². The second-order valence-corrected chi connectivity index (χ2v) is 3.87. The van der Waals surface area contributed by atoms with Crippen molar-refractivity contribution in [3.63, 3.8) is 0 Å². The number of nitriles is 1.